The number of oxime groups is 1. The van der Waals surface area contributed by atoms with Gasteiger partial charge in [-0.2, -0.15) is 0 Å². The van der Waals surface area contributed by atoms with Gasteiger partial charge in [-0.15, -0.1) is 23.1 Å². The quantitative estimate of drug-likeness (QED) is 0.130. The molecule has 2 aromatic rings. The van der Waals surface area contributed by atoms with Crippen molar-refractivity contribution in [3.8, 4) is 0 Å². The number of aromatic nitrogens is 2. The second-order valence-electron chi connectivity index (χ2n) is 8.57. The van der Waals surface area contributed by atoms with Crippen molar-refractivity contribution in [2.24, 2.45) is 5.16 Å². The highest BCUT2D eigenvalue weighted by atomic mass is 32.2. The highest BCUT2D eigenvalue weighted by molar-refractivity contribution is 8.00. The summed E-state index contributed by atoms with van der Waals surface area (Å²) in [4.78, 5) is 59.6. The zero-order valence-electron chi connectivity index (χ0n) is 20.1. The number of nitrogens with zero attached hydrogens (tertiary/aromatic N) is 4. The van der Waals surface area contributed by atoms with E-state index >= 15 is 0 Å². The van der Waals surface area contributed by atoms with E-state index in [1.165, 1.54) is 31.0 Å². The minimum atomic E-state index is -1.75. The standard InChI is InChI=1S/C22H22N6O7S2.H2O/c1-22(2,20(33)34)35-26-13(12-10-37-21(23)24-12)16(29)25-14-17(30)28-15(19(31)32)11(9-36-18(14)28)8-27-6-4-3-5-7-27;/h3-7,10,14,18H,8-9H2,1-2H3,(H4-,23,24,25,29,31,32,33,34);1H2/t14-,18-;/m1./s1. The first-order valence-electron chi connectivity index (χ1n) is 10.8. The van der Waals surface area contributed by atoms with Crippen molar-refractivity contribution < 1.29 is 44.3 Å². The number of carboxylic acid groups (broad SMARTS) is 2. The number of hydrogen-bond donors (Lipinski definition) is 3. The van der Waals surface area contributed by atoms with E-state index < -0.39 is 40.8 Å². The minimum Gasteiger partial charge on any atom is -0.543 e. The van der Waals surface area contributed by atoms with Gasteiger partial charge in [0.05, 0.1) is 11.7 Å². The lowest BCUT2D eigenvalue weighted by Crippen LogP contribution is -2.71. The van der Waals surface area contributed by atoms with Crippen molar-refractivity contribution in [2.75, 3.05) is 11.5 Å². The molecule has 4 heterocycles. The van der Waals surface area contributed by atoms with Gasteiger partial charge in [0.1, 0.15) is 17.1 Å². The Morgan fingerprint density at radius 1 is 1.34 bits per heavy atom. The number of nitrogens with two attached hydrogens (primary N) is 1. The van der Waals surface area contributed by atoms with Crippen LogP contribution in [0.2, 0.25) is 0 Å². The lowest BCUT2D eigenvalue weighted by molar-refractivity contribution is -0.689. The van der Waals surface area contributed by atoms with Crippen LogP contribution in [0.4, 0.5) is 5.13 Å². The molecule has 0 unspecified atom stereocenters. The second-order valence-corrected chi connectivity index (χ2v) is 10.6. The highest BCUT2D eigenvalue weighted by Crippen LogP contribution is 2.40. The van der Waals surface area contributed by atoms with Crippen LogP contribution >= 0.6 is 23.1 Å². The maximum absolute atomic E-state index is 13.1. The Kier molecular flexibility index (Phi) is 8.38. The topological polar surface area (TPSA) is 223 Å². The van der Waals surface area contributed by atoms with Gasteiger partial charge in [0, 0.05) is 28.8 Å². The van der Waals surface area contributed by atoms with Crippen molar-refractivity contribution >= 4 is 57.7 Å². The number of anilines is 1. The third kappa shape index (κ3) is 5.61. The van der Waals surface area contributed by atoms with Crippen LogP contribution in [0.25, 0.3) is 0 Å². The lowest BCUT2D eigenvalue weighted by Gasteiger charge is -2.50. The van der Waals surface area contributed by atoms with E-state index in [1.54, 1.807) is 29.1 Å². The number of aliphatic carboxylic acids is 2. The number of rotatable bonds is 9. The molecule has 0 spiro atoms. The van der Waals surface area contributed by atoms with E-state index in [0.717, 1.165) is 16.2 Å². The van der Waals surface area contributed by atoms with E-state index in [2.05, 4.69) is 15.5 Å². The van der Waals surface area contributed by atoms with E-state index in [0.29, 0.717) is 11.3 Å². The van der Waals surface area contributed by atoms with Crippen molar-refractivity contribution in [1.82, 2.24) is 15.2 Å². The highest BCUT2D eigenvalue weighted by Gasteiger charge is 2.53. The Labute approximate surface area is 224 Å². The molecule has 0 aromatic carbocycles. The predicted molar refractivity (Wildman–Crippen MR) is 133 cm³/mol. The fourth-order valence-corrected chi connectivity index (χ4v) is 5.45. The molecule has 0 bridgehead atoms. The molecule has 16 heteroatoms. The summed E-state index contributed by atoms with van der Waals surface area (Å²) in [5.74, 6) is -4.01. The summed E-state index contributed by atoms with van der Waals surface area (Å²) in [5.41, 5.74) is 3.83. The normalized spacial score (nSPS) is 19.2. The first kappa shape index (κ1) is 28.5. The molecule has 1 saturated heterocycles. The predicted octanol–water partition coefficient (Wildman–Crippen LogP) is -2.12. The van der Waals surface area contributed by atoms with Gasteiger partial charge < -0.3 is 36.4 Å². The molecule has 0 saturated carbocycles. The molecule has 202 valence electrons. The molecule has 14 nitrogen and oxygen atoms in total. The summed E-state index contributed by atoms with van der Waals surface area (Å²) in [5, 5.41) is 28.4. The number of carbonyl (C=O) groups excluding carboxylic acids is 3. The molecule has 0 radical (unpaired) electrons. The van der Waals surface area contributed by atoms with Crippen LogP contribution in [0.1, 0.15) is 19.5 Å². The number of thioether (sulfide) groups is 1. The van der Waals surface area contributed by atoms with Crippen LogP contribution in [-0.2, 0) is 30.6 Å². The molecule has 2 aliphatic heterocycles. The molecular weight excluding hydrogens is 540 g/mol. The SMILES string of the molecule is CC(C)(ON=C(C(=O)N[C@@H]1C(=O)N2C(C(=O)[O-])=C(C[n+]3ccccc3)CS[C@H]12)c1csc(N)n1)C(=O)O.O. The second kappa shape index (κ2) is 11.2. The van der Waals surface area contributed by atoms with Crippen LogP contribution < -0.4 is 20.7 Å². The number of thiazole rings is 1. The summed E-state index contributed by atoms with van der Waals surface area (Å²) < 4.78 is 1.78. The summed E-state index contributed by atoms with van der Waals surface area (Å²) in [6.45, 7) is 2.74. The number of amides is 2. The molecule has 2 aromatic heterocycles. The van der Waals surface area contributed by atoms with Crippen molar-refractivity contribution in [3.05, 3.63) is 52.9 Å². The Bertz CT molecular complexity index is 1330. The van der Waals surface area contributed by atoms with Gasteiger partial charge in [-0.25, -0.2) is 14.3 Å². The number of pyridine rings is 1. The molecular formula is C22H24N6O8S2. The first-order chi connectivity index (χ1) is 17.5. The minimum absolute atomic E-state index is 0. The average Bonchev–Trinajstić information content (AvgIpc) is 3.28. The Morgan fingerprint density at radius 3 is 2.61 bits per heavy atom. The van der Waals surface area contributed by atoms with E-state index in [-0.39, 0.29) is 34.3 Å². The maximum atomic E-state index is 13.1. The lowest BCUT2D eigenvalue weighted by atomic mass is 10.0. The largest absolute Gasteiger partial charge is 0.543 e. The van der Waals surface area contributed by atoms with Crippen LogP contribution in [0.5, 0.6) is 0 Å². The molecule has 6 N–H and O–H groups in total. The summed E-state index contributed by atoms with van der Waals surface area (Å²) >= 11 is 2.32. The van der Waals surface area contributed by atoms with Crippen molar-refractivity contribution in [1.29, 1.82) is 0 Å². The number of β-lactam (4-membered cyclic amide) rings is 1. The number of carboxylic acids is 2. The molecule has 0 aliphatic carbocycles. The Balaban J connectivity index is 0.00000400. The summed E-state index contributed by atoms with van der Waals surface area (Å²) in [6, 6.07) is 4.36. The van der Waals surface area contributed by atoms with Crippen LogP contribution in [0.3, 0.4) is 0 Å². The monoisotopic (exact) mass is 564 g/mol. The van der Waals surface area contributed by atoms with Gasteiger partial charge in [0.2, 0.25) is 5.60 Å². The maximum Gasteiger partial charge on any atom is 0.350 e. The average molecular weight is 565 g/mol. The van der Waals surface area contributed by atoms with E-state index in [9.17, 15) is 29.4 Å². The fourth-order valence-electron chi connectivity index (χ4n) is 3.56. The van der Waals surface area contributed by atoms with Crippen LogP contribution in [0.15, 0.2) is 52.4 Å². The zero-order chi connectivity index (χ0) is 26.9. The Morgan fingerprint density at radius 2 is 2.03 bits per heavy atom. The fraction of sp³-hybridized carbons (Fsp3) is 0.318. The third-order valence-electron chi connectivity index (χ3n) is 5.54. The van der Waals surface area contributed by atoms with Gasteiger partial charge in [0.15, 0.2) is 29.8 Å². The molecule has 2 amide bonds. The van der Waals surface area contributed by atoms with Crippen molar-refractivity contribution in [2.45, 2.75) is 37.4 Å². The smallest absolute Gasteiger partial charge is 0.350 e. The molecule has 38 heavy (non-hydrogen) atoms. The number of nitrogen functional groups attached to an aromatic ring is 1. The van der Waals surface area contributed by atoms with Gasteiger partial charge in [-0.05, 0) is 13.8 Å². The van der Waals surface area contributed by atoms with Gasteiger partial charge >= 0.3 is 5.97 Å². The van der Waals surface area contributed by atoms with Gasteiger partial charge in [-0.3, -0.25) is 14.5 Å². The number of hydrogen-bond acceptors (Lipinski definition) is 11. The Hall–Kier alpha value is -4.02. The molecule has 2 aliphatic rings. The van der Waals surface area contributed by atoms with E-state index in [1.807, 2.05) is 6.07 Å². The van der Waals surface area contributed by atoms with Gasteiger partial charge in [0.25, 0.3) is 11.8 Å². The van der Waals surface area contributed by atoms with Gasteiger partial charge in [-0.1, -0.05) is 11.2 Å². The van der Waals surface area contributed by atoms with Crippen LogP contribution in [0, 0.1) is 0 Å². The first-order valence-corrected chi connectivity index (χ1v) is 12.8. The molecule has 2 atom stereocenters. The van der Waals surface area contributed by atoms with E-state index in [4.69, 9.17) is 10.6 Å². The number of fused-ring (bicyclic) bond motifs is 1. The molecule has 1 fully saturated rings. The van der Waals surface area contributed by atoms with Crippen LogP contribution in [-0.4, -0.2) is 72.7 Å². The third-order valence-corrected chi connectivity index (χ3v) is 7.55. The number of nitrogens with one attached hydrogen (secondary N) is 1. The summed E-state index contributed by atoms with van der Waals surface area (Å²) in [7, 11) is 0. The summed E-state index contributed by atoms with van der Waals surface area (Å²) in [6.07, 6.45) is 3.55. The molecule has 4 rings (SSSR count). The van der Waals surface area contributed by atoms with Crippen molar-refractivity contribution in [3.63, 3.8) is 0 Å². The number of carbonyl (C=O) groups is 4. The zero-order valence-corrected chi connectivity index (χ0v) is 21.7.